The molecule has 0 radical (unpaired) electrons. The Morgan fingerprint density at radius 3 is 2.70 bits per heavy atom. The van der Waals surface area contributed by atoms with Crippen molar-refractivity contribution in [1.29, 1.82) is 0 Å². The molecule has 0 spiro atoms. The van der Waals surface area contributed by atoms with Crippen LogP contribution in [-0.2, 0) is 0 Å². The number of halogens is 2. The van der Waals surface area contributed by atoms with Gasteiger partial charge >= 0.3 is 0 Å². The second-order valence-electron chi connectivity index (χ2n) is 5.21. The summed E-state index contributed by atoms with van der Waals surface area (Å²) in [5, 5.41) is 0.564. The molecule has 0 atom stereocenters. The Balaban J connectivity index is 2.11. The lowest BCUT2D eigenvalue weighted by Gasteiger charge is -2.14. The van der Waals surface area contributed by atoms with Crippen LogP contribution in [0.25, 0.3) is 11.4 Å². The number of hydrogen-bond donors (Lipinski definition) is 0. The van der Waals surface area contributed by atoms with Crippen LogP contribution >= 0.6 is 34.2 Å². The number of aromatic nitrogens is 3. The smallest absolute Gasteiger partial charge is 0.161 e. The largest absolute Gasteiger partial charge is 0.264 e. The maximum absolute atomic E-state index is 6.33. The van der Waals surface area contributed by atoms with Gasteiger partial charge in [-0.2, -0.15) is 0 Å². The zero-order valence-electron chi connectivity index (χ0n) is 11.2. The van der Waals surface area contributed by atoms with Crippen LogP contribution in [0.5, 0.6) is 0 Å². The molecule has 0 aliphatic heterocycles. The molecule has 2 aromatic heterocycles. The van der Waals surface area contributed by atoms with Crippen molar-refractivity contribution in [2.24, 2.45) is 0 Å². The van der Waals surface area contributed by atoms with Crippen LogP contribution in [-0.4, -0.2) is 15.0 Å². The molecule has 3 rings (SSSR count). The van der Waals surface area contributed by atoms with E-state index in [0.29, 0.717) is 11.1 Å². The van der Waals surface area contributed by atoms with Gasteiger partial charge in [0.2, 0.25) is 0 Å². The molecule has 0 bridgehead atoms. The second kappa shape index (κ2) is 5.93. The first-order valence-electron chi connectivity index (χ1n) is 6.80. The summed E-state index contributed by atoms with van der Waals surface area (Å²) in [4.78, 5) is 13.4. The molecule has 1 aliphatic carbocycles. The van der Waals surface area contributed by atoms with Crippen molar-refractivity contribution in [2.45, 2.75) is 38.5 Å². The second-order valence-corrected chi connectivity index (χ2v) is 6.65. The first kappa shape index (κ1) is 14.2. The monoisotopic (exact) mass is 399 g/mol. The molecule has 104 valence electrons. The normalized spacial score (nSPS) is 15.8. The van der Waals surface area contributed by atoms with Crippen molar-refractivity contribution in [1.82, 2.24) is 15.0 Å². The van der Waals surface area contributed by atoms with E-state index in [4.69, 9.17) is 16.6 Å². The summed E-state index contributed by atoms with van der Waals surface area (Å²) in [7, 11) is 0. The van der Waals surface area contributed by atoms with Gasteiger partial charge in [-0.1, -0.05) is 24.4 Å². The maximum Gasteiger partial charge on any atom is 0.161 e. The third kappa shape index (κ3) is 2.68. The van der Waals surface area contributed by atoms with Crippen LogP contribution in [0.15, 0.2) is 18.5 Å². The Bertz CT molecular complexity index is 639. The van der Waals surface area contributed by atoms with E-state index in [1.807, 2.05) is 19.2 Å². The van der Waals surface area contributed by atoms with Crippen LogP contribution in [0, 0.1) is 10.5 Å². The van der Waals surface area contributed by atoms with E-state index in [1.165, 1.54) is 25.7 Å². The first-order valence-corrected chi connectivity index (χ1v) is 8.26. The highest BCUT2D eigenvalue weighted by molar-refractivity contribution is 14.1. The van der Waals surface area contributed by atoms with Gasteiger partial charge in [0.1, 0.15) is 5.15 Å². The van der Waals surface area contributed by atoms with Crippen LogP contribution in [0.3, 0.4) is 0 Å². The summed E-state index contributed by atoms with van der Waals surface area (Å²) < 4.78 is 1.01. The van der Waals surface area contributed by atoms with E-state index >= 15 is 0 Å². The van der Waals surface area contributed by atoms with E-state index in [1.54, 1.807) is 6.20 Å². The minimum absolute atomic E-state index is 0.531. The zero-order valence-corrected chi connectivity index (χ0v) is 14.1. The Labute approximate surface area is 137 Å². The third-order valence-corrected chi connectivity index (χ3v) is 5.50. The molecular formula is C15H15ClIN3. The highest BCUT2D eigenvalue weighted by Crippen LogP contribution is 2.37. The lowest BCUT2D eigenvalue weighted by Crippen LogP contribution is -2.05. The van der Waals surface area contributed by atoms with Gasteiger partial charge in [-0.25, -0.2) is 9.97 Å². The molecule has 1 saturated carbocycles. The molecule has 2 aromatic rings. The molecule has 2 heterocycles. The van der Waals surface area contributed by atoms with Gasteiger partial charge in [0, 0.05) is 23.9 Å². The Hall–Kier alpha value is -0.750. The fraction of sp³-hybridized carbons (Fsp3) is 0.400. The molecule has 3 nitrogen and oxygen atoms in total. The van der Waals surface area contributed by atoms with Crippen molar-refractivity contribution in [3.05, 3.63) is 38.4 Å². The number of aryl methyl sites for hydroxylation is 1. The van der Waals surface area contributed by atoms with E-state index in [9.17, 15) is 0 Å². The highest BCUT2D eigenvalue weighted by atomic mass is 127. The zero-order chi connectivity index (χ0) is 14.1. The van der Waals surface area contributed by atoms with Gasteiger partial charge in [0.15, 0.2) is 5.82 Å². The van der Waals surface area contributed by atoms with Crippen LogP contribution in [0.4, 0.5) is 0 Å². The predicted molar refractivity (Wildman–Crippen MR) is 88.9 cm³/mol. The molecule has 1 fully saturated rings. The summed E-state index contributed by atoms with van der Waals surface area (Å²) in [5.74, 6) is 1.25. The Morgan fingerprint density at radius 2 is 2.00 bits per heavy atom. The number of rotatable bonds is 2. The van der Waals surface area contributed by atoms with Gasteiger partial charge < -0.3 is 0 Å². The first-order chi connectivity index (χ1) is 9.66. The van der Waals surface area contributed by atoms with Crippen molar-refractivity contribution >= 4 is 34.2 Å². The minimum atomic E-state index is 0.531. The van der Waals surface area contributed by atoms with Crippen molar-refractivity contribution in [3.63, 3.8) is 0 Å². The molecule has 0 unspecified atom stereocenters. The molecular weight excluding hydrogens is 385 g/mol. The van der Waals surface area contributed by atoms with Gasteiger partial charge in [-0.15, -0.1) is 0 Å². The van der Waals surface area contributed by atoms with E-state index in [0.717, 1.165) is 26.2 Å². The van der Waals surface area contributed by atoms with Crippen molar-refractivity contribution < 1.29 is 0 Å². The van der Waals surface area contributed by atoms with Crippen LogP contribution in [0.1, 0.15) is 42.9 Å². The summed E-state index contributed by atoms with van der Waals surface area (Å²) in [6, 6.07) is 1.95. The fourth-order valence-corrected chi connectivity index (χ4v) is 3.61. The van der Waals surface area contributed by atoms with Crippen molar-refractivity contribution in [3.8, 4) is 11.4 Å². The molecule has 0 N–H and O–H groups in total. The van der Waals surface area contributed by atoms with Gasteiger partial charge in [0.05, 0.1) is 9.26 Å². The molecule has 0 aromatic carbocycles. The summed E-state index contributed by atoms with van der Waals surface area (Å²) in [5.41, 5.74) is 3.20. The molecule has 0 saturated heterocycles. The van der Waals surface area contributed by atoms with Crippen molar-refractivity contribution in [2.75, 3.05) is 0 Å². The van der Waals surface area contributed by atoms with E-state index in [-0.39, 0.29) is 0 Å². The van der Waals surface area contributed by atoms with Gasteiger partial charge in [-0.3, -0.25) is 4.98 Å². The quantitative estimate of drug-likeness (QED) is 0.540. The molecule has 20 heavy (non-hydrogen) atoms. The lowest BCUT2D eigenvalue weighted by molar-refractivity contribution is 0.690. The Kier molecular flexibility index (Phi) is 4.21. The summed E-state index contributed by atoms with van der Waals surface area (Å²) >= 11 is 8.60. The molecule has 1 aliphatic rings. The lowest BCUT2D eigenvalue weighted by atomic mass is 10.0. The van der Waals surface area contributed by atoms with E-state index in [2.05, 4.69) is 32.6 Å². The van der Waals surface area contributed by atoms with Crippen LogP contribution < -0.4 is 0 Å². The maximum atomic E-state index is 6.33. The predicted octanol–water partition coefficient (Wildman–Crippen LogP) is 4.76. The van der Waals surface area contributed by atoms with Gasteiger partial charge in [-0.05, 0) is 54.0 Å². The average Bonchev–Trinajstić information content (AvgIpc) is 2.96. The number of pyridine rings is 1. The fourth-order valence-electron chi connectivity index (χ4n) is 2.75. The van der Waals surface area contributed by atoms with Crippen LogP contribution in [0.2, 0.25) is 5.15 Å². The third-order valence-electron chi connectivity index (χ3n) is 3.84. The summed E-state index contributed by atoms with van der Waals surface area (Å²) in [6.07, 6.45) is 8.58. The number of hydrogen-bond acceptors (Lipinski definition) is 3. The SMILES string of the molecule is Cc1cnccc1-c1nc(Cl)c(I)c(C2CCCC2)n1. The van der Waals surface area contributed by atoms with E-state index < -0.39 is 0 Å². The molecule has 5 heteroatoms. The van der Waals surface area contributed by atoms with Gasteiger partial charge in [0.25, 0.3) is 0 Å². The minimum Gasteiger partial charge on any atom is -0.264 e. The number of nitrogens with zero attached hydrogens (tertiary/aromatic N) is 3. The topological polar surface area (TPSA) is 38.7 Å². The summed E-state index contributed by atoms with van der Waals surface area (Å²) in [6.45, 7) is 2.02. The average molecular weight is 400 g/mol. The molecule has 0 amide bonds. The standard InChI is InChI=1S/C15H15ClIN3/c1-9-8-18-7-6-11(9)15-19-13(10-4-2-3-5-10)12(17)14(16)20-15/h6-8,10H,2-5H2,1H3. The highest BCUT2D eigenvalue weighted by Gasteiger charge is 2.24. The Morgan fingerprint density at radius 1 is 1.25 bits per heavy atom.